The first kappa shape index (κ1) is 17.9. The Morgan fingerprint density at radius 3 is 2.33 bits per heavy atom. The highest BCUT2D eigenvalue weighted by Crippen LogP contribution is 2.31. The molecular formula is C15H26N2O3S. The van der Waals surface area contributed by atoms with Gasteiger partial charge in [-0.3, -0.25) is 0 Å². The smallest absolute Gasteiger partial charge is 0.241 e. The molecule has 1 rings (SSSR count). The summed E-state index contributed by atoms with van der Waals surface area (Å²) >= 11 is 0. The minimum Gasteiger partial charge on any atom is -0.496 e. The van der Waals surface area contributed by atoms with E-state index in [0.29, 0.717) is 11.3 Å². The van der Waals surface area contributed by atoms with Gasteiger partial charge in [0, 0.05) is 12.1 Å². The summed E-state index contributed by atoms with van der Waals surface area (Å²) in [6, 6.07) is 3.45. The van der Waals surface area contributed by atoms with E-state index in [1.54, 1.807) is 40.0 Å². The first-order valence-corrected chi connectivity index (χ1v) is 8.45. The van der Waals surface area contributed by atoms with Gasteiger partial charge in [0.15, 0.2) is 0 Å². The summed E-state index contributed by atoms with van der Waals surface area (Å²) in [5, 5.41) is 0. The van der Waals surface area contributed by atoms with E-state index in [2.05, 4.69) is 4.72 Å². The van der Waals surface area contributed by atoms with Crippen molar-refractivity contribution in [2.75, 3.05) is 13.7 Å². The molecule has 0 aliphatic rings. The van der Waals surface area contributed by atoms with Crippen molar-refractivity contribution in [2.24, 2.45) is 5.73 Å². The first-order valence-electron chi connectivity index (χ1n) is 6.96. The normalized spacial score (nSPS) is 12.8. The van der Waals surface area contributed by atoms with Gasteiger partial charge in [0.25, 0.3) is 0 Å². The topological polar surface area (TPSA) is 81.4 Å². The molecule has 5 nitrogen and oxygen atoms in total. The summed E-state index contributed by atoms with van der Waals surface area (Å²) in [6.45, 7) is 9.50. The van der Waals surface area contributed by atoms with E-state index in [-0.39, 0.29) is 17.4 Å². The molecule has 3 N–H and O–H groups in total. The van der Waals surface area contributed by atoms with Gasteiger partial charge in [0.1, 0.15) is 5.75 Å². The van der Waals surface area contributed by atoms with Crippen LogP contribution in [0.2, 0.25) is 0 Å². The van der Waals surface area contributed by atoms with Gasteiger partial charge in [-0.15, -0.1) is 0 Å². The van der Waals surface area contributed by atoms with Crippen LogP contribution in [0.4, 0.5) is 0 Å². The minimum absolute atomic E-state index is 0.164. The van der Waals surface area contributed by atoms with Crippen molar-refractivity contribution >= 4 is 10.0 Å². The van der Waals surface area contributed by atoms with E-state index in [1.165, 1.54) is 0 Å². The highest BCUT2D eigenvalue weighted by atomic mass is 32.2. The molecule has 0 heterocycles. The summed E-state index contributed by atoms with van der Waals surface area (Å²) in [6.07, 6.45) is 0. The molecule has 0 saturated carbocycles. The zero-order chi connectivity index (χ0) is 16.4. The lowest BCUT2D eigenvalue weighted by Gasteiger charge is -2.25. The fraction of sp³-hybridized carbons (Fsp3) is 0.600. The molecule has 120 valence electrons. The average Bonchev–Trinajstić information content (AvgIpc) is 2.36. The van der Waals surface area contributed by atoms with Crippen LogP contribution in [0.5, 0.6) is 5.75 Å². The predicted octanol–water partition coefficient (Wildman–Crippen LogP) is 2.14. The molecule has 0 saturated heterocycles. The molecule has 21 heavy (non-hydrogen) atoms. The lowest BCUT2D eigenvalue weighted by Crippen LogP contribution is -2.48. The SMILES string of the molecule is COc1cc(C)c(S(=O)(=O)NC(C)(C)CN)cc1C(C)C. The van der Waals surface area contributed by atoms with Gasteiger partial charge in [-0.25, -0.2) is 13.1 Å². The number of ether oxygens (including phenoxy) is 1. The Bertz CT molecular complexity index is 608. The van der Waals surface area contributed by atoms with Gasteiger partial charge in [-0.2, -0.15) is 0 Å². The molecule has 0 amide bonds. The van der Waals surface area contributed by atoms with Crippen LogP contribution in [0.3, 0.4) is 0 Å². The molecule has 0 unspecified atom stereocenters. The van der Waals surface area contributed by atoms with E-state index >= 15 is 0 Å². The van der Waals surface area contributed by atoms with Gasteiger partial charge < -0.3 is 10.5 Å². The molecular weight excluding hydrogens is 288 g/mol. The first-order chi connectivity index (χ1) is 9.54. The number of rotatable bonds is 6. The van der Waals surface area contributed by atoms with Gasteiger partial charge in [-0.1, -0.05) is 13.8 Å². The molecule has 1 aromatic rings. The highest BCUT2D eigenvalue weighted by Gasteiger charge is 2.27. The Labute approximate surface area is 127 Å². The summed E-state index contributed by atoms with van der Waals surface area (Å²) in [5.74, 6) is 0.872. The van der Waals surface area contributed by atoms with E-state index in [4.69, 9.17) is 10.5 Å². The Morgan fingerprint density at radius 1 is 1.33 bits per heavy atom. The maximum Gasteiger partial charge on any atom is 0.241 e. The fourth-order valence-electron chi connectivity index (χ4n) is 2.06. The Kier molecular flexibility index (Phi) is 5.41. The Balaban J connectivity index is 3.40. The van der Waals surface area contributed by atoms with Crippen LogP contribution in [0.1, 0.15) is 44.7 Å². The molecule has 0 aliphatic heterocycles. The van der Waals surface area contributed by atoms with Crippen molar-refractivity contribution in [3.8, 4) is 5.75 Å². The second-order valence-corrected chi connectivity index (χ2v) is 7.86. The van der Waals surface area contributed by atoms with Gasteiger partial charge in [-0.05, 0) is 49.9 Å². The van der Waals surface area contributed by atoms with E-state index in [1.807, 2.05) is 13.8 Å². The minimum atomic E-state index is -3.63. The lowest BCUT2D eigenvalue weighted by molar-refractivity contribution is 0.406. The van der Waals surface area contributed by atoms with Crippen molar-refractivity contribution in [1.82, 2.24) is 4.72 Å². The van der Waals surface area contributed by atoms with E-state index < -0.39 is 15.6 Å². The van der Waals surface area contributed by atoms with Crippen LogP contribution in [-0.4, -0.2) is 27.6 Å². The second-order valence-electron chi connectivity index (χ2n) is 6.21. The Hall–Kier alpha value is -1.11. The van der Waals surface area contributed by atoms with E-state index in [9.17, 15) is 8.42 Å². The predicted molar refractivity (Wildman–Crippen MR) is 85.3 cm³/mol. The number of sulfonamides is 1. The molecule has 0 fully saturated rings. The standard InChI is InChI=1S/C15H26N2O3S/c1-10(2)12-8-14(11(3)7-13(12)20-6)21(18,19)17-15(4,5)9-16/h7-8,10,17H,9,16H2,1-6H3. The van der Waals surface area contributed by atoms with Gasteiger partial charge in [0.05, 0.1) is 12.0 Å². The largest absolute Gasteiger partial charge is 0.496 e. The van der Waals surface area contributed by atoms with Crippen LogP contribution >= 0.6 is 0 Å². The maximum absolute atomic E-state index is 12.6. The third kappa shape index (κ3) is 4.18. The average molecular weight is 314 g/mol. The van der Waals surface area contributed by atoms with Gasteiger partial charge >= 0.3 is 0 Å². The molecule has 0 aromatic heterocycles. The molecule has 0 aliphatic carbocycles. The number of benzene rings is 1. The number of aryl methyl sites for hydroxylation is 1. The number of hydrogen-bond acceptors (Lipinski definition) is 4. The van der Waals surface area contributed by atoms with Gasteiger partial charge in [0.2, 0.25) is 10.0 Å². The number of nitrogens with two attached hydrogens (primary N) is 1. The van der Waals surface area contributed by atoms with Crippen molar-refractivity contribution in [3.05, 3.63) is 23.3 Å². The van der Waals surface area contributed by atoms with E-state index in [0.717, 1.165) is 5.56 Å². The lowest BCUT2D eigenvalue weighted by atomic mass is 10.0. The quantitative estimate of drug-likeness (QED) is 0.843. The van der Waals surface area contributed by atoms with Crippen LogP contribution in [0, 0.1) is 6.92 Å². The molecule has 0 atom stereocenters. The summed E-state index contributed by atoms with van der Waals surface area (Å²) < 4.78 is 33.2. The maximum atomic E-state index is 12.6. The fourth-order valence-corrected chi connectivity index (χ4v) is 3.74. The van der Waals surface area contributed by atoms with Crippen LogP contribution in [0.25, 0.3) is 0 Å². The monoisotopic (exact) mass is 314 g/mol. The van der Waals surface area contributed by atoms with Crippen LogP contribution in [0.15, 0.2) is 17.0 Å². The summed E-state index contributed by atoms with van der Waals surface area (Å²) in [7, 11) is -2.04. The van der Waals surface area contributed by atoms with Crippen molar-refractivity contribution in [1.29, 1.82) is 0 Å². The Morgan fingerprint density at radius 2 is 1.90 bits per heavy atom. The van der Waals surface area contributed by atoms with Crippen LogP contribution < -0.4 is 15.2 Å². The zero-order valence-electron chi connectivity index (χ0n) is 13.6. The van der Waals surface area contributed by atoms with Crippen molar-refractivity contribution < 1.29 is 13.2 Å². The van der Waals surface area contributed by atoms with Crippen LogP contribution in [-0.2, 0) is 10.0 Å². The molecule has 0 spiro atoms. The molecule has 6 heteroatoms. The third-order valence-corrected chi connectivity index (χ3v) is 5.20. The number of methoxy groups -OCH3 is 1. The number of nitrogens with one attached hydrogen (secondary N) is 1. The van der Waals surface area contributed by atoms with Crippen molar-refractivity contribution in [2.45, 2.75) is 51.0 Å². The second kappa shape index (κ2) is 6.34. The molecule has 0 bridgehead atoms. The third-order valence-electron chi connectivity index (χ3n) is 3.36. The molecule has 0 radical (unpaired) electrons. The zero-order valence-corrected chi connectivity index (χ0v) is 14.5. The summed E-state index contributed by atoms with van der Waals surface area (Å²) in [4.78, 5) is 0.272. The molecule has 1 aromatic carbocycles. The summed E-state index contributed by atoms with van der Waals surface area (Å²) in [5.41, 5.74) is 6.43. The van der Waals surface area contributed by atoms with Crippen molar-refractivity contribution in [3.63, 3.8) is 0 Å². The number of hydrogen-bond donors (Lipinski definition) is 2. The highest BCUT2D eigenvalue weighted by molar-refractivity contribution is 7.89.